The minimum atomic E-state index is -0.0261. The number of ether oxygens (including phenoxy) is 2. The summed E-state index contributed by atoms with van der Waals surface area (Å²) in [6, 6.07) is 13.9. The van der Waals surface area contributed by atoms with Gasteiger partial charge < -0.3 is 24.0 Å². The lowest BCUT2D eigenvalue weighted by atomic mass is 10.1. The quantitative estimate of drug-likeness (QED) is 0.444. The predicted molar refractivity (Wildman–Crippen MR) is 132 cm³/mol. The fraction of sp³-hybridized carbons (Fsp3) is 0.423. The molecule has 0 aliphatic carbocycles. The Labute approximate surface area is 205 Å². The van der Waals surface area contributed by atoms with Crippen molar-refractivity contribution in [3.63, 3.8) is 0 Å². The summed E-state index contributed by atoms with van der Waals surface area (Å²) in [4.78, 5) is 8.83. The molecular weight excluding hydrogens is 446 g/mol. The fourth-order valence-corrected chi connectivity index (χ4v) is 4.20. The molecule has 4 rings (SSSR count). The van der Waals surface area contributed by atoms with Crippen LogP contribution in [0, 0.1) is 11.3 Å². The number of fused-ring (bicyclic) bond motifs is 1. The van der Waals surface area contributed by atoms with Crippen molar-refractivity contribution in [3.8, 4) is 23.3 Å². The van der Waals surface area contributed by atoms with Gasteiger partial charge in [-0.05, 0) is 60.8 Å². The van der Waals surface area contributed by atoms with Crippen LogP contribution in [0.5, 0.6) is 5.75 Å². The van der Waals surface area contributed by atoms with Crippen LogP contribution in [-0.2, 0) is 17.7 Å². The highest BCUT2D eigenvalue weighted by atomic mass is 16.5. The molecule has 1 aliphatic rings. The van der Waals surface area contributed by atoms with E-state index in [4.69, 9.17) is 14.0 Å². The Bertz CT molecular complexity index is 1190. The monoisotopic (exact) mass is 477 g/mol. The molecule has 0 bridgehead atoms. The highest BCUT2D eigenvalue weighted by Crippen LogP contribution is 2.35. The van der Waals surface area contributed by atoms with E-state index in [1.54, 1.807) is 19.2 Å². The average molecular weight is 478 g/mol. The number of nitrogens with zero attached hydrogens (tertiary/aromatic N) is 5. The average Bonchev–Trinajstić information content (AvgIpc) is 3.49. The van der Waals surface area contributed by atoms with Crippen LogP contribution in [0.15, 0.2) is 40.9 Å². The van der Waals surface area contributed by atoms with Gasteiger partial charge in [0.05, 0.1) is 24.9 Å². The van der Waals surface area contributed by atoms with Crippen LogP contribution in [0.1, 0.15) is 30.5 Å². The van der Waals surface area contributed by atoms with Gasteiger partial charge in [-0.2, -0.15) is 10.2 Å². The maximum atomic E-state index is 9.51. The van der Waals surface area contributed by atoms with E-state index in [2.05, 4.69) is 39.3 Å². The number of aliphatic hydroxyl groups excluding tert-OH is 1. The molecule has 3 aromatic rings. The van der Waals surface area contributed by atoms with Gasteiger partial charge in [0.2, 0.25) is 0 Å². The highest BCUT2D eigenvalue weighted by molar-refractivity contribution is 5.68. The van der Waals surface area contributed by atoms with Crippen LogP contribution in [0.2, 0.25) is 0 Å². The summed E-state index contributed by atoms with van der Waals surface area (Å²) in [5, 5.41) is 23.1. The van der Waals surface area contributed by atoms with Gasteiger partial charge in [-0.25, -0.2) is 0 Å². The molecule has 184 valence electrons. The second kappa shape index (κ2) is 11.3. The Kier molecular flexibility index (Phi) is 7.98. The number of rotatable bonds is 11. The highest BCUT2D eigenvalue weighted by Gasteiger charge is 2.25. The number of aromatic nitrogens is 2. The molecule has 0 amide bonds. The summed E-state index contributed by atoms with van der Waals surface area (Å²) in [6.07, 6.45) is 0.854. The minimum Gasteiger partial charge on any atom is -0.490 e. The number of hydrogen-bond acceptors (Lipinski definition) is 9. The first-order chi connectivity index (χ1) is 17.0. The normalized spacial score (nSPS) is 12.9. The third kappa shape index (κ3) is 5.80. The molecule has 35 heavy (non-hydrogen) atoms. The van der Waals surface area contributed by atoms with Gasteiger partial charge in [-0.1, -0.05) is 12.1 Å². The second-order valence-corrected chi connectivity index (χ2v) is 8.75. The van der Waals surface area contributed by atoms with E-state index in [0.29, 0.717) is 41.9 Å². The topological polar surface area (TPSA) is 108 Å². The van der Waals surface area contributed by atoms with E-state index < -0.39 is 0 Å². The summed E-state index contributed by atoms with van der Waals surface area (Å²) in [5.74, 6) is 1.39. The van der Waals surface area contributed by atoms with Gasteiger partial charge in [0, 0.05) is 44.5 Å². The van der Waals surface area contributed by atoms with Crippen molar-refractivity contribution in [2.45, 2.75) is 32.9 Å². The number of nitriles is 1. The van der Waals surface area contributed by atoms with Crippen molar-refractivity contribution in [3.05, 3.63) is 53.1 Å². The van der Waals surface area contributed by atoms with Crippen LogP contribution in [-0.4, -0.2) is 66.2 Å². The summed E-state index contributed by atoms with van der Waals surface area (Å²) in [6.45, 7) is 7.47. The molecule has 1 aromatic heterocycles. The van der Waals surface area contributed by atoms with Gasteiger partial charge in [0.1, 0.15) is 11.8 Å². The second-order valence-electron chi connectivity index (χ2n) is 8.75. The number of aliphatic hydroxyl groups is 1. The van der Waals surface area contributed by atoms with E-state index >= 15 is 0 Å². The zero-order chi connectivity index (χ0) is 24.8. The molecule has 0 unspecified atom stereocenters. The molecule has 9 heteroatoms. The van der Waals surface area contributed by atoms with Crippen LogP contribution in [0.4, 0.5) is 11.6 Å². The van der Waals surface area contributed by atoms with Crippen molar-refractivity contribution < 1.29 is 19.1 Å². The van der Waals surface area contributed by atoms with E-state index in [0.717, 1.165) is 31.7 Å². The number of methoxy groups -OCH3 is 1. The molecule has 2 aromatic carbocycles. The smallest absolute Gasteiger partial charge is 0.270 e. The van der Waals surface area contributed by atoms with Crippen LogP contribution in [0.25, 0.3) is 11.5 Å². The van der Waals surface area contributed by atoms with E-state index in [9.17, 15) is 10.4 Å². The van der Waals surface area contributed by atoms with Crippen molar-refractivity contribution in [1.29, 1.82) is 5.26 Å². The Balaban J connectivity index is 1.50. The largest absolute Gasteiger partial charge is 0.490 e. The predicted octanol–water partition coefficient (Wildman–Crippen LogP) is 3.53. The molecular formula is C26H31N5O4. The Hall–Kier alpha value is -3.45. The summed E-state index contributed by atoms with van der Waals surface area (Å²) >= 11 is 0. The maximum Gasteiger partial charge on any atom is 0.270 e. The Morgan fingerprint density at radius 2 is 2.09 bits per heavy atom. The summed E-state index contributed by atoms with van der Waals surface area (Å²) in [5.41, 5.74) is 4.58. The minimum absolute atomic E-state index is 0.0261. The third-order valence-electron chi connectivity index (χ3n) is 5.84. The molecule has 0 spiro atoms. The SMILES string of the molecule is COCCN(CCO)Cc1ccc2c(c1)CCN2c1noc(-c2ccc(OC(C)C)c(C#N)c2)n1. The van der Waals surface area contributed by atoms with E-state index in [1.807, 2.05) is 24.8 Å². The van der Waals surface area contributed by atoms with E-state index in [1.165, 1.54) is 11.1 Å². The van der Waals surface area contributed by atoms with Crippen molar-refractivity contribution in [2.75, 3.05) is 44.9 Å². The summed E-state index contributed by atoms with van der Waals surface area (Å²) in [7, 11) is 1.68. The number of benzene rings is 2. The molecule has 2 heterocycles. The zero-order valence-corrected chi connectivity index (χ0v) is 20.4. The van der Waals surface area contributed by atoms with Crippen molar-refractivity contribution >= 4 is 11.6 Å². The van der Waals surface area contributed by atoms with Crippen LogP contribution < -0.4 is 9.64 Å². The van der Waals surface area contributed by atoms with Gasteiger partial charge in [0.15, 0.2) is 0 Å². The van der Waals surface area contributed by atoms with Crippen molar-refractivity contribution in [1.82, 2.24) is 15.0 Å². The lowest BCUT2D eigenvalue weighted by molar-refractivity contribution is 0.127. The first-order valence-electron chi connectivity index (χ1n) is 11.8. The molecule has 0 saturated carbocycles. The standard InChI is InChI=1S/C26H31N5O4/c1-18(2)34-24-7-5-21(15-22(24)16-27)25-28-26(29-35-25)31-9-8-20-14-19(4-6-23(20)31)17-30(10-12-32)11-13-33-3/h4-7,14-15,18,32H,8-13,17H2,1-3H3. The molecule has 0 fully saturated rings. The van der Waals surface area contributed by atoms with E-state index in [-0.39, 0.29) is 12.7 Å². The first kappa shape index (κ1) is 24.7. The lowest BCUT2D eigenvalue weighted by Gasteiger charge is -2.21. The fourth-order valence-electron chi connectivity index (χ4n) is 4.20. The Morgan fingerprint density at radius 3 is 2.83 bits per heavy atom. The molecule has 1 N–H and O–H groups in total. The van der Waals surface area contributed by atoms with Crippen molar-refractivity contribution in [2.24, 2.45) is 0 Å². The molecule has 1 aliphatic heterocycles. The Morgan fingerprint density at radius 1 is 1.23 bits per heavy atom. The van der Waals surface area contributed by atoms with Crippen LogP contribution in [0.3, 0.4) is 0 Å². The zero-order valence-electron chi connectivity index (χ0n) is 20.4. The molecule has 0 atom stereocenters. The van der Waals surface area contributed by atoms with Gasteiger partial charge in [-0.3, -0.25) is 4.90 Å². The van der Waals surface area contributed by atoms with Crippen LogP contribution >= 0.6 is 0 Å². The first-order valence-corrected chi connectivity index (χ1v) is 11.8. The van der Waals surface area contributed by atoms with Gasteiger partial charge in [0.25, 0.3) is 11.8 Å². The third-order valence-corrected chi connectivity index (χ3v) is 5.84. The molecule has 0 radical (unpaired) electrons. The number of anilines is 2. The lowest BCUT2D eigenvalue weighted by Crippen LogP contribution is -2.29. The summed E-state index contributed by atoms with van der Waals surface area (Å²) < 4.78 is 16.4. The number of hydrogen-bond donors (Lipinski definition) is 1. The molecule has 9 nitrogen and oxygen atoms in total. The van der Waals surface area contributed by atoms with Gasteiger partial charge >= 0.3 is 0 Å². The maximum absolute atomic E-state index is 9.51. The van der Waals surface area contributed by atoms with Gasteiger partial charge in [-0.15, -0.1) is 0 Å². The molecule has 0 saturated heterocycles.